The molecule has 0 spiro atoms. The SMILES string of the molecule is CCn1c(Cn2ccnc2C)nnc1C1CCN(Cc2cccc(C)n2)CC1. The molecule has 0 radical (unpaired) electrons. The molecular weight excluding hydrogens is 350 g/mol. The first-order chi connectivity index (χ1) is 13.6. The molecule has 1 aliphatic rings. The molecule has 4 rings (SSSR count). The van der Waals surface area contributed by atoms with Crippen molar-refractivity contribution in [3.63, 3.8) is 0 Å². The molecule has 0 bridgehead atoms. The summed E-state index contributed by atoms with van der Waals surface area (Å²) in [4.78, 5) is 11.5. The van der Waals surface area contributed by atoms with Gasteiger partial charge in [-0.3, -0.25) is 9.88 Å². The van der Waals surface area contributed by atoms with Crippen LogP contribution < -0.4 is 0 Å². The number of nitrogens with zero attached hydrogens (tertiary/aromatic N) is 7. The Labute approximate surface area is 166 Å². The zero-order valence-electron chi connectivity index (χ0n) is 17.0. The largest absolute Gasteiger partial charge is 0.328 e. The molecule has 4 heterocycles. The Kier molecular flexibility index (Phi) is 5.52. The summed E-state index contributed by atoms with van der Waals surface area (Å²) in [6, 6.07) is 6.27. The standard InChI is InChI=1S/C21H29N7/c1-4-28-20(15-27-13-10-22-17(27)3)24-25-21(28)18-8-11-26(12-9-18)14-19-7-5-6-16(2)23-19/h5-7,10,13,18H,4,8-9,11-12,14-15H2,1-3H3. The van der Waals surface area contributed by atoms with Gasteiger partial charge in [-0.1, -0.05) is 6.07 Å². The minimum Gasteiger partial charge on any atom is -0.328 e. The van der Waals surface area contributed by atoms with Crippen molar-refractivity contribution in [3.05, 3.63) is 59.5 Å². The van der Waals surface area contributed by atoms with Gasteiger partial charge in [0.2, 0.25) is 0 Å². The molecule has 1 aliphatic heterocycles. The average molecular weight is 380 g/mol. The van der Waals surface area contributed by atoms with Crippen molar-refractivity contribution in [2.75, 3.05) is 13.1 Å². The number of imidazole rings is 1. The molecule has 0 unspecified atom stereocenters. The van der Waals surface area contributed by atoms with Crippen LogP contribution in [0.3, 0.4) is 0 Å². The number of hydrogen-bond donors (Lipinski definition) is 0. The summed E-state index contributed by atoms with van der Waals surface area (Å²) < 4.78 is 4.42. The number of aryl methyl sites for hydroxylation is 2. The van der Waals surface area contributed by atoms with Crippen LogP contribution in [-0.4, -0.2) is 47.3 Å². The normalized spacial score (nSPS) is 16.0. The fourth-order valence-electron chi connectivity index (χ4n) is 4.10. The first-order valence-electron chi connectivity index (χ1n) is 10.2. The number of pyridine rings is 1. The first kappa shape index (κ1) is 18.8. The van der Waals surface area contributed by atoms with E-state index in [-0.39, 0.29) is 0 Å². The van der Waals surface area contributed by atoms with E-state index < -0.39 is 0 Å². The van der Waals surface area contributed by atoms with E-state index in [0.29, 0.717) is 5.92 Å². The minimum atomic E-state index is 0.479. The summed E-state index contributed by atoms with van der Waals surface area (Å²) in [5.41, 5.74) is 2.25. The topological polar surface area (TPSA) is 64.7 Å². The van der Waals surface area contributed by atoms with Crippen LogP contribution in [0.15, 0.2) is 30.6 Å². The predicted octanol–water partition coefficient (Wildman–Crippen LogP) is 2.93. The van der Waals surface area contributed by atoms with Gasteiger partial charge in [-0.25, -0.2) is 4.98 Å². The van der Waals surface area contributed by atoms with Crippen molar-refractivity contribution >= 4 is 0 Å². The van der Waals surface area contributed by atoms with Gasteiger partial charge in [0.25, 0.3) is 0 Å². The predicted molar refractivity (Wildman–Crippen MR) is 108 cm³/mol. The highest BCUT2D eigenvalue weighted by molar-refractivity contribution is 5.10. The first-order valence-corrected chi connectivity index (χ1v) is 10.2. The van der Waals surface area contributed by atoms with E-state index in [4.69, 9.17) is 0 Å². The lowest BCUT2D eigenvalue weighted by Gasteiger charge is -2.31. The molecule has 3 aromatic rings. The van der Waals surface area contributed by atoms with Gasteiger partial charge >= 0.3 is 0 Å². The van der Waals surface area contributed by atoms with E-state index in [9.17, 15) is 0 Å². The molecule has 1 saturated heterocycles. The Morgan fingerprint density at radius 3 is 2.57 bits per heavy atom. The Morgan fingerprint density at radius 2 is 1.89 bits per heavy atom. The summed E-state index contributed by atoms with van der Waals surface area (Å²) in [7, 11) is 0. The molecule has 0 atom stereocenters. The quantitative estimate of drug-likeness (QED) is 0.659. The van der Waals surface area contributed by atoms with Crippen LogP contribution in [0.4, 0.5) is 0 Å². The fraction of sp³-hybridized carbons (Fsp3) is 0.524. The van der Waals surface area contributed by atoms with Gasteiger partial charge in [0.05, 0.1) is 12.2 Å². The summed E-state index contributed by atoms with van der Waals surface area (Å²) in [5, 5.41) is 9.11. The lowest BCUT2D eigenvalue weighted by atomic mass is 9.95. The van der Waals surface area contributed by atoms with E-state index in [1.54, 1.807) is 0 Å². The Bertz CT molecular complexity index is 918. The molecule has 0 aromatic carbocycles. The lowest BCUT2D eigenvalue weighted by molar-refractivity contribution is 0.198. The van der Waals surface area contributed by atoms with E-state index >= 15 is 0 Å². The molecule has 0 saturated carbocycles. The van der Waals surface area contributed by atoms with Crippen LogP contribution in [0.25, 0.3) is 0 Å². The maximum atomic E-state index is 4.64. The van der Waals surface area contributed by atoms with Crippen LogP contribution in [-0.2, 0) is 19.6 Å². The number of hydrogen-bond acceptors (Lipinski definition) is 5. The zero-order chi connectivity index (χ0) is 19.5. The van der Waals surface area contributed by atoms with Crippen molar-refractivity contribution in [1.82, 2.24) is 34.2 Å². The fourth-order valence-corrected chi connectivity index (χ4v) is 4.10. The molecule has 0 aliphatic carbocycles. The second-order valence-electron chi connectivity index (χ2n) is 7.64. The van der Waals surface area contributed by atoms with E-state index in [1.165, 1.54) is 0 Å². The van der Waals surface area contributed by atoms with Gasteiger partial charge in [-0.05, 0) is 58.8 Å². The van der Waals surface area contributed by atoms with Crippen molar-refractivity contribution in [1.29, 1.82) is 0 Å². The van der Waals surface area contributed by atoms with Crippen LogP contribution in [0, 0.1) is 13.8 Å². The summed E-state index contributed by atoms with van der Waals surface area (Å²) >= 11 is 0. The second kappa shape index (κ2) is 8.22. The maximum absolute atomic E-state index is 4.64. The van der Waals surface area contributed by atoms with Crippen molar-refractivity contribution in [3.8, 4) is 0 Å². The highest BCUT2D eigenvalue weighted by atomic mass is 15.3. The maximum Gasteiger partial charge on any atom is 0.153 e. The van der Waals surface area contributed by atoms with E-state index in [1.807, 2.05) is 19.3 Å². The molecule has 1 fully saturated rings. The van der Waals surface area contributed by atoms with Gasteiger partial charge < -0.3 is 9.13 Å². The summed E-state index contributed by atoms with van der Waals surface area (Å²) in [5.74, 6) is 3.64. The monoisotopic (exact) mass is 379 g/mol. The summed E-state index contributed by atoms with van der Waals surface area (Å²) in [6.07, 6.45) is 6.07. The Balaban J connectivity index is 1.41. The third kappa shape index (κ3) is 3.99. The Hall–Kier alpha value is -2.54. The Morgan fingerprint density at radius 1 is 1.07 bits per heavy atom. The molecule has 0 amide bonds. The van der Waals surface area contributed by atoms with Crippen LogP contribution >= 0.6 is 0 Å². The van der Waals surface area contributed by atoms with Crippen molar-refractivity contribution in [2.24, 2.45) is 0 Å². The van der Waals surface area contributed by atoms with E-state index in [2.05, 4.69) is 66.2 Å². The molecule has 28 heavy (non-hydrogen) atoms. The summed E-state index contributed by atoms with van der Waals surface area (Å²) in [6.45, 7) is 11.0. The zero-order valence-corrected chi connectivity index (χ0v) is 17.0. The van der Waals surface area contributed by atoms with Gasteiger partial charge in [0.1, 0.15) is 11.6 Å². The van der Waals surface area contributed by atoms with Crippen LogP contribution in [0.1, 0.15) is 54.5 Å². The van der Waals surface area contributed by atoms with Gasteiger partial charge in [0, 0.05) is 37.1 Å². The van der Waals surface area contributed by atoms with Gasteiger partial charge in [-0.15, -0.1) is 10.2 Å². The molecular formula is C21H29N7. The highest BCUT2D eigenvalue weighted by Crippen LogP contribution is 2.28. The van der Waals surface area contributed by atoms with Gasteiger partial charge in [-0.2, -0.15) is 0 Å². The molecule has 7 heteroatoms. The minimum absolute atomic E-state index is 0.479. The van der Waals surface area contributed by atoms with Crippen LogP contribution in [0.2, 0.25) is 0 Å². The number of piperidine rings is 1. The lowest BCUT2D eigenvalue weighted by Crippen LogP contribution is -2.33. The average Bonchev–Trinajstić information content (AvgIpc) is 3.29. The third-order valence-corrected chi connectivity index (χ3v) is 5.69. The molecule has 0 N–H and O–H groups in total. The van der Waals surface area contributed by atoms with Crippen molar-refractivity contribution in [2.45, 2.75) is 59.2 Å². The number of rotatable bonds is 6. The smallest absolute Gasteiger partial charge is 0.153 e. The molecule has 7 nitrogen and oxygen atoms in total. The molecule has 148 valence electrons. The van der Waals surface area contributed by atoms with E-state index in [0.717, 1.165) is 74.4 Å². The van der Waals surface area contributed by atoms with Crippen molar-refractivity contribution < 1.29 is 0 Å². The van der Waals surface area contributed by atoms with Gasteiger partial charge in [0.15, 0.2) is 5.82 Å². The number of likely N-dealkylation sites (tertiary alicyclic amines) is 1. The highest BCUT2D eigenvalue weighted by Gasteiger charge is 2.26. The second-order valence-corrected chi connectivity index (χ2v) is 7.64. The third-order valence-electron chi connectivity index (χ3n) is 5.69. The molecule has 3 aromatic heterocycles. The van der Waals surface area contributed by atoms with Crippen LogP contribution in [0.5, 0.6) is 0 Å². The number of aromatic nitrogens is 6.